The van der Waals surface area contributed by atoms with Crippen molar-refractivity contribution in [1.29, 1.82) is 0 Å². The highest BCUT2D eigenvalue weighted by Crippen LogP contribution is 2.32. The molecule has 2 amide bonds. The molecule has 0 atom stereocenters. The van der Waals surface area contributed by atoms with Crippen LogP contribution in [0, 0.1) is 5.92 Å². The maximum atomic E-state index is 12.5. The number of amides is 2. The van der Waals surface area contributed by atoms with E-state index in [1.54, 1.807) is 18.3 Å². The van der Waals surface area contributed by atoms with Gasteiger partial charge in [0.2, 0.25) is 5.91 Å². The van der Waals surface area contributed by atoms with Crippen molar-refractivity contribution in [3.05, 3.63) is 51.9 Å². The fraction of sp³-hybridized carbons (Fsp3) is 0.167. The van der Waals surface area contributed by atoms with Gasteiger partial charge in [-0.1, -0.05) is 0 Å². The van der Waals surface area contributed by atoms with Gasteiger partial charge in [0, 0.05) is 22.0 Å². The van der Waals surface area contributed by atoms with E-state index in [0.29, 0.717) is 15.6 Å². The van der Waals surface area contributed by atoms with E-state index in [-0.39, 0.29) is 17.7 Å². The van der Waals surface area contributed by atoms with Crippen molar-refractivity contribution in [3.8, 4) is 0 Å². The predicted octanol–water partition coefficient (Wildman–Crippen LogP) is 4.66. The third-order valence-electron chi connectivity index (χ3n) is 3.99. The van der Waals surface area contributed by atoms with Gasteiger partial charge in [-0.05, 0) is 65.2 Å². The molecule has 0 unspecified atom stereocenters. The Morgan fingerprint density at radius 2 is 1.96 bits per heavy atom. The van der Waals surface area contributed by atoms with E-state index in [9.17, 15) is 9.59 Å². The molecule has 25 heavy (non-hydrogen) atoms. The van der Waals surface area contributed by atoms with Crippen LogP contribution in [0.15, 0.2) is 47.1 Å². The number of fused-ring (bicyclic) bond motifs is 1. The summed E-state index contributed by atoms with van der Waals surface area (Å²) in [5, 5.41) is 7.35. The van der Waals surface area contributed by atoms with E-state index in [4.69, 9.17) is 0 Å². The molecule has 5 nitrogen and oxygen atoms in total. The topological polar surface area (TPSA) is 71.1 Å². The first-order valence-electron chi connectivity index (χ1n) is 7.87. The fourth-order valence-corrected chi connectivity index (χ4v) is 3.78. The molecule has 2 heterocycles. The number of benzene rings is 1. The average molecular weight is 416 g/mol. The van der Waals surface area contributed by atoms with Crippen LogP contribution in [0.4, 0.5) is 10.7 Å². The van der Waals surface area contributed by atoms with Crippen LogP contribution in [0.1, 0.15) is 22.5 Å². The first-order chi connectivity index (χ1) is 12.1. The van der Waals surface area contributed by atoms with E-state index in [1.165, 1.54) is 11.3 Å². The van der Waals surface area contributed by atoms with Crippen LogP contribution in [0.3, 0.4) is 0 Å². The van der Waals surface area contributed by atoms with Crippen LogP contribution in [0.2, 0.25) is 0 Å². The average Bonchev–Trinajstić information content (AvgIpc) is 3.37. The summed E-state index contributed by atoms with van der Waals surface area (Å²) in [6.07, 6.45) is 3.62. The first-order valence-corrected chi connectivity index (χ1v) is 9.48. The zero-order valence-electron chi connectivity index (χ0n) is 13.1. The number of halogens is 1. The van der Waals surface area contributed by atoms with Crippen molar-refractivity contribution in [2.75, 3.05) is 10.6 Å². The number of hydrogen-bond donors (Lipinski definition) is 2. The highest BCUT2D eigenvalue weighted by atomic mass is 79.9. The highest BCUT2D eigenvalue weighted by Gasteiger charge is 2.29. The number of rotatable bonds is 4. The van der Waals surface area contributed by atoms with E-state index >= 15 is 0 Å². The standard InChI is InChI=1S/C18H14BrN3O2S/c19-12-5-6-13(11-2-1-9-20-16(11)12)21-18(24)14-7-8-15(25-14)22-17(23)10-3-4-10/h1-2,5-10H,3-4H2,(H,21,24)(H,22,23). The number of carbonyl (C=O) groups is 2. The molecular formula is C18H14BrN3O2S. The number of pyridine rings is 1. The number of carbonyl (C=O) groups excluding carboxylic acids is 2. The summed E-state index contributed by atoms with van der Waals surface area (Å²) in [4.78, 5) is 29.2. The molecule has 0 spiro atoms. The zero-order valence-corrected chi connectivity index (χ0v) is 15.5. The van der Waals surface area contributed by atoms with Gasteiger partial charge in [0.1, 0.15) is 0 Å². The minimum atomic E-state index is -0.204. The van der Waals surface area contributed by atoms with Gasteiger partial charge in [0.05, 0.1) is 21.1 Å². The van der Waals surface area contributed by atoms with Gasteiger partial charge in [-0.25, -0.2) is 0 Å². The van der Waals surface area contributed by atoms with Crippen LogP contribution >= 0.6 is 27.3 Å². The van der Waals surface area contributed by atoms with Gasteiger partial charge in [-0.15, -0.1) is 11.3 Å². The third kappa shape index (κ3) is 3.43. The molecule has 1 aliphatic carbocycles. The molecule has 1 saturated carbocycles. The summed E-state index contributed by atoms with van der Waals surface area (Å²) in [5.74, 6) is -0.0239. The molecule has 0 bridgehead atoms. The number of hydrogen-bond acceptors (Lipinski definition) is 4. The summed E-state index contributed by atoms with van der Waals surface area (Å²) in [6, 6.07) is 10.9. The first kappa shape index (κ1) is 16.2. The van der Waals surface area contributed by atoms with Gasteiger partial charge >= 0.3 is 0 Å². The Bertz CT molecular complexity index is 981. The third-order valence-corrected chi connectivity index (χ3v) is 5.63. The molecule has 1 aromatic carbocycles. The van der Waals surface area contributed by atoms with Crippen molar-refractivity contribution >= 4 is 60.7 Å². The molecule has 4 rings (SSSR count). The van der Waals surface area contributed by atoms with E-state index in [0.717, 1.165) is 28.2 Å². The van der Waals surface area contributed by atoms with Gasteiger partial charge in [-0.3, -0.25) is 14.6 Å². The summed E-state index contributed by atoms with van der Waals surface area (Å²) < 4.78 is 0.877. The van der Waals surface area contributed by atoms with Crippen LogP contribution in [-0.2, 0) is 4.79 Å². The van der Waals surface area contributed by atoms with Crippen LogP contribution in [0.25, 0.3) is 10.9 Å². The zero-order chi connectivity index (χ0) is 17.4. The number of nitrogens with one attached hydrogen (secondary N) is 2. The van der Waals surface area contributed by atoms with Gasteiger partial charge in [-0.2, -0.15) is 0 Å². The number of nitrogens with zero attached hydrogens (tertiary/aromatic N) is 1. The van der Waals surface area contributed by atoms with E-state index in [1.807, 2.05) is 24.3 Å². The van der Waals surface area contributed by atoms with Crippen molar-refractivity contribution in [3.63, 3.8) is 0 Å². The molecule has 2 aromatic heterocycles. The minimum Gasteiger partial charge on any atom is -0.321 e. The SMILES string of the molecule is O=C(Nc1ccc(Br)c2ncccc12)c1ccc(NC(=O)C2CC2)s1. The smallest absolute Gasteiger partial charge is 0.265 e. The number of aromatic nitrogens is 1. The van der Waals surface area contributed by atoms with Crippen molar-refractivity contribution in [2.24, 2.45) is 5.92 Å². The second-order valence-electron chi connectivity index (χ2n) is 5.88. The molecule has 0 aliphatic heterocycles. The molecule has 0 saturated heterocycles. The van der Waals surface area contributed by atoms with Gasteiger partial charge in [0.15, 0.2) is 0 Å². The molecule has 3 aromatic rings. The molecule has 0 radical (unpaired) electrons. The summed E-state index contributed by atoms with van der Waals surface area (Å²) in [6.45, 7) is 0. The lowest BCUT2D eigenvalue weighted by molar-refractivity contribution is -0.117. The minimum absolute atomic E-state index is 0.0405. The predicted molar refractivity (Wildman–Crippen MR) is 103 cm³/mol. The Balaban J connectivity index is 1.53. The van der Waals surface area contributed by atoms with Crippen molar-refractivity contribution < 1.29 is 9.59 Å². The Morgan fingerprint density at radius 3 is 2.76 bits per heavy atom. The van der Waals surface area contributed by atoms with E-state index < -0.39 is 0 Å². The molecule has 126 valence electrons. The highest BCUT2D eigenvalue weighted by molar-refractivity contribution is 9.10. The molecule has 1 fully saturated rings. The molecule has 2 N–H and O–H groups in total. The maximum absolute atomic E-state index is 12.5. The Labute approximate surface area is 156 Å². The molecular weight excluding hydrogens is 402 g/mol. The largest absolute Gasteiger partial charge is 0.321 e. The molecule has 1 aliphatic rings. The summed E-state index contributed by atoms with van der Waals surface area (Å²) in [7, 11) is 0. The Morgan fingerprint density at radius 1 is 1.12 bits per heavy atom. The Hall–Kier alpha value is -2.25. The van der Waals surface area contributed by atoms with Crippen LogP contribution < -0.4 is 10.6 Å². The van der Waals surface area contributed by atoms with Crippen molar-refractivity contribution in [1.82, 2.24) is 4.98 Å². The van der Waals surface area contributed by atoms with Crippen LogP contribution in [-0.4, -0.2) is 16.8 Å². The Kier molecular flexibility index (Phi) is 4.27. The monoisotopic (exact) mass is 415 g/mol. The number of thiophene rings is 1. The van der Waals surface area contributed by atoms with Crippen LogP contribution in [0.5, 0.6) is 0 Å². The number of anilines is 2. The fourth-order valence-electron chi connectivity index (χ4n) is 2.53. The molecule has 7 heteroatoms. The summed E-state index contributed by atoms with van der Waals surface area (Å²) in [5.41, 5.74) is 1.50. The maximum Gasteiger partial charge on any atom is 0.265 e. The van der Waals surface area contributed by atoms with Crippen molar-refractivity contribution in [2.45, 2.75) is 12.8 Å². The summed E-state index contributed by atoms with van der Waals surface area (Å²) >= 11 is 4.75. The van der Waals surface area contributed by atoms with E-state index in [2.05, 4.69) is 31.5 Å². The van der Waals surface area contributed by atoms with Gasteiger partial charge in [0.25, 0.3) is 5.91 Å². The lowest BCUT2D eigenvalue weighted by atomic mass is 10.2. The normalized spacial score (nSPS) is 13.6. The lowest BCUT2D eigenvalue weighted by Gasteiger charge is -2.08. The lowest BCUT2D eigenvalue weighted by Crippen LogP contribution is -2.12. The van der Waals surface area contributed by atoms with Gasteiger partial charge < -0.3 is 10.6 Å². The second kappa shape index (κ2) is 6.57. The second-order valence-corrected chi connectivity index (χ2v) is 7.81. The quantitative estimate of drug-likeness (QED) is 0.650.